The summed E-state index contributed by atoms with van der Waals surface area (Å²) in [4.78, 5) is 33.9. The van der Waals surface area contributed by atoms with Crippen LogP contribution in [0.5, 0.6) is 0 Å². The van der Waals surface area contributed by atoms with E-state index >= 15 is 0 Å². The molecule has 0 aliphatic rings. The largest absolute Gasteiger partial charge is 0.472 e. The van der Waals surface area contributed by atoms with Crippen molar-refractivity contribution >= 4 is 19.7 Å². The summed E-state index contributed by atoms with van der Waals surface area (Å²) in [6.07, 6.45) is 42.1. The number of hydrogen-bond acceptors (Lipinski definition) is 7. The van der Waals surface area contributed by atoms with Gasteiger partial charge in [0.2, 0.25) is 5.91 Å². The summed E-state index contributed by atoms with van der Waals surface area (Å²) in [6, 6.07) is 0. The Morgan fingerprint density at radius 2 is 1.10 bits per heavy atom. The zero-order valence-electron chi connectivity index (χ0n) is 33.3. The third-order valence-corrected chi connectivity index (χ3v) is 9.82. The van der Waals surface area contributed by atoms with Crippen LogP contribution in [0.15, 0.2) is 36.5 Å². The molecule has 0 fully saturated rings. The second kappa shape index (κ2) is 38.9. The normalized spacial score (nSPS) is 13.7. The number of aliphatic hydroxyl groups is 1. The van der Waals surface area contributed by atoms with Gasteiger partial charge in [0, 0.05) is 19.4 Å². The third-order valence-electron chi connectivity index (χ3n) is 8.83. The van der Waals surface area contributed by atoms with Crippen molar-refractivity contribution in [3.63, 3.8) is 0 Å². The molecule has 0 saturated heterocycles. The lowest BCUT2D eigenvalue weighted by molar-refractivity contribution is -0.147. The van der Waals surface area contributed by atoms with E-state index in [0.29, 0.717) is 12.8 Å². The number of carbonyl (C=O) groups excluding carboxylic acids is 2. The van der Waals surface area contributed by atoms with Crippen LogP contribution in [0, 0.1) is 0 Å². The molecular weight excluding hydrogens is 677 g/mol. The number of aliphatic hydroxyl groups excluding tert-OH is 1. The van der Waals surface area contributed by atoms with Gasteiger partial charge in [0.05, 0.1) is 13.2 Å². The number of carbonyl (C=O) groups is 2. The predicted octanol–water partition coefficient (Wildman–Crippen LogP) is 11.4. The Morgan fingerprint density at radius 1 is 0.615 bits per heavy atom. The summed E-state index contributed by atoms with van der Waals surface area (Å²) in [7, 11) is -4.42. The molecule has 0 saturated carbocycles. The summed E-state index contributed by atoms with van der Waals surface area (Å²) in [6.45, 7) is 3.43. The molecule has 1 amide bonds. The average molecular weight is 756 g/mol. The van der Waals surface area contributed by atoms with Crippen molar-refractivity contribution in [3.05, 3.63) is 36.5 Å². The molecule has 0 radical (unpaired) electrons. The van der Waals surface area contributed by atoms with E-state index in [1.165, 1.54) is 83.5 Å². The van der Waals surface area contributed by atoms with Crippen LogP contribution in [0.4, 0.5) is 0 Å². The van der Waals surface area contributed by atoms with Gasteiger partial charge >= 0.3 is 13.8 Å². The van der Waals surface area contributed by atoms with Crippen LogP contribution in [0.3, 0.4) is 0 Å². The first-order chi connectivity index (χ1) is 25.3. The highest BCUT2D eigenvalue weighted by molar-refractivity contribution is 7.47. The average Bonchev–Trinajstić information content (AvgIpc) is 3.13. The quantitative estimate of drug-likeness (QED) is 0.0244. The highest BCUT2D eigenvalue weighted by Gasteiger charge is 2.23. The highest BCUT2D eigenvalue weighted by atomic mass is 31.2. The minimum Gasteiger partial charge on any atom is -0.463 e. The highest BCUT2D eigenvalue weighted by Crippen LogP contribution is 2.42. The molecule has 10 heteroatoms. The molecule has 9 nitrogen and oxygen atoms in total. The van der Waals surface area contributed by atoms with Crippen molar-refractivity contribution in [2.24, 2.45) is 0 Å². The summed E-state index contributed by atoms with van der Waals surface area (Å²) < 4.78 is 26.8. The molecule has 52 heavy (non-hydrogen) atoms. The van der Waals surface area contributed by atoms with Gasteiger partial charge in [-0.15, -0.1) is 0 Å². The van der Waals surface area contributed by atoms with E-state index in [0.717, 1.165) is 70.6 Å². The van der Waals surface area contributed by atoms with Crippen molar-refractivity contribution < 1.29 is 37.9 Å². The van der Waals surface area contributed by atoms with Gasteiger partial charge in [-0.3, -0.25) is 18.6 Å². The lowest BCUT2D eigenvalue weighted by Crippen LogP contribution is -2.27. The number of amides is 1. The van der Waals surface area contributed by atoms with Crippen LogP contribution in [-0.4, -0.2) is 54.3 Å². The molecule has 2 unspecified atom stereocenters. The number of allylic oxidation sites excluding steroid dienone is 6. The summed E-state index contributed by atoms with van der Waals surface area (Å²) in [5.74, 6) is -0.530. The maximum Gasteiger partial charge on any atom is 0.472 e. The molecule has 304 valence electrons. The van der Waals surface area contributed by atoms with Crippen LogP contribution in [0.2, 0.25) is 0 Å². The fourth-order valence-corrected chi connectivity index (χ4v) is 6.45. The Balaban J connectivity index is 3.61. The molecule has 2 atom stereocenters. The van der Waals surface area contributed by atoms with Gasteiger partial charge in [0.25, 0.3) is 0 Å². The van der Waals surface area contributed by atoms with Crippen LogP contribution < -0.4 is 5.32 Å². The topological polar surface area (TPSA) is 131 Å². The Kier molecular flexibility index (Phi) is 37.6. The maximum absolute atomic E-state index is 12.1. The molecule has 0 aromatic rings. The lowest BCUT2D eigenvalue weighted by Gasteiger charge is -2.15. The van der Waals surface area contributed by atoms with Gasteiger partial charge in [-0.05, 0) is 44.9 Å². The lowest BCUT2D eigenvalue weighted by atomic mass is 10.0. The molecule has 0 aliphatic heterocycles. The number of ether oxygens (including phenoxy) is 1. The van der Waals surface area contributed by atoms with Crippen LogP contribution >= 0.6 is 7.82 Å². The standard InChI is InChI=1S/C42H78NO8P/c1-3-5-7-9-11-13-15-17-19-21-22-24-26-28-30-32-34-41(45)43-36-37-50-52(47,48)51-39-40(44)38-49-42(46)35-33-31-29-27-25-23-20-18-16-14-12-10-8-6-4-2/h6,8,12,14,18,20,40,44H,3-5,7,9-11,13,15-17,19,21-39H2,1-2H3,(H,43,45)(H,47,48)/b8-6-,14-12-,20-18-. The first kappa shape index (κ1) is 50.2. The number of nitrogens with one attached hydrogen (secondary N) is 1. The SMILES string of the molecule is CC/C=C\C/C=C\C/C=C\CCCCCCCC(=O)OCC(O)COP(=O)(O)OCCNC(=O)CCCCCCCCCCCCCCCCCC. The van der Waals surface area contributed by atoms with Gasteiger partial charge < -0.3 is 20.1 Å². The summed E-state index contributed by atoms with van der Waals surface area (Å²) in [5, 5.41) is 12.7. The van der Waals surface area contributed by atoms with E-state index in [-0.39, 0.29) is 32.1 Å². The fraction of sp³-hybridized carbons (Fsp3) is 0.810. The zero-order chi connectivity index (χ0) is 38.2. The molecule has 3 N–H and O–H groups in total. The van der Waals surface area contributed by atoms with Crippen LogP contribution in [0.1, 0.15) is 187 Å². The number of esters is 1. The van der Waals surface area contributed by atoms with E-state index < -0.39 is 26.5 Å². The van der Waals surface area contributed by atoms with E-state index in [1.54, 1.807) is 0 Å². The van der Waals surface area contributed by atoms with E-state index in [2.05, 4.69) is 55.6 Å². The van der Waals surface area contributed by atoms with Crippen molar-refractivity contribution in [3.8, 4) is 0 Å². The number of unbranched alkanes of at least 4 members (excludes halogenated alkanes) is 20. The van der Waals surface area contributed by atoms with Crippen LogP contribution in [0.25, 0.3) is 0 Å². The Morgan fingerprint density at radius 3 is 1.65 bits per heavy atom. The molecule has 0 aliphatic carbocycles. The van der Waals surface area contributed by atoms with Crippen molar-refractivity contribution in [1.82, 2.24) is 5.32 Å². The molecule has 0 spiro atoms. The second-order valence-corrected chi connectivity index (χ2v) is 15.4. The molecular formula is C42H78NO8P. The fourth-order valence-electron chi connectivity index (χ4n) is 5.69. The van der Waals surface area contributed by atoms with E-state index in [4.69, 9.17) is 13.8 Å². The smallest absolute Gasteiger partial charge is 0.463 e. The number of phosphoric acid groups is 1. The van der Waals surface area contributed by atoms with E-state index in [9.17, 15) is 24.2 Å². The van der Waals surface area contributed by atoms with Crippen molar-refractivity contribution in [2.75, 3.05) is 26.4 Å². The van der Waals surface area contributed by atoms with Gasteiger partial charge in [-0.25, -0.2) is 4.57 Å². The van der Waals surface area contributed by atoms with Crippen molar-refractivity contribution in [1.29, 1.82) is 0 Å². The summed E-state index contributed by atoms with van der Waals surface area (Å²) in [5.41, 5.74) is 0. The first-order valence-corrected chi connectivity index (χ1v) is 22.5. The molecule has 0 aromatic heterocycles. The van der Waals surface area contributed by atoms with Crippen molar-refractivity contribution in [2.45, 2.75) is 193 Å². The number of rotatable bonds is 39. The molecule has 0 aromatic carbocycles. The second-order valence-electron chi connectivity index (χ2n) is 13.9. The summed E-state index contributed by atoms with van der Waals surface area (Å²) >= 11 is 0. The van der Waals surface area contributed by atoms with Crippen LogP contribution in [-0.2, 0) is 27.9 Å². The van der Waals surface area contributed by atoms with Gasteiger partial charge in [0.15, 0.2) is 0 Å². The monoisotopic (exact) mass is 756 g/mol. The maximum atomic E-state index is 12.1. The van der Waals surface area contributed by atoms with Gasteiger partial charge in [-0.2, -0.15) is 0 Å². The first-order valence-electron chi connectivity index (χ1n) is 21.0. The molecule has 0 heterocycles. The minimum atomic E-state index is -4.42. The Hall–Kier alpha value is -1.77. The molecule has 0 bridgehead atoms. The number of phosphoric ester groups is 1. The van der Waals surface area contributed by atoms with Gasteiger partial charge in [-0.1, -0.05) is 166 Å². The predicted molar refractivity (Wildman–Crippen MR) is 215 cm³/mol. The minimum absolute atomic E-state index is 0.0816. The zero-order valence-corrected chi connectivity index (χ0v) is 34.1. The van der Waals surface area contributed by atoms with Gasteiger partial charge in [0.1, 0.15) is 12.7 Å². The number of hydrogen-bond donors (Lipinski definition) is 3. The van der Waals surface area contributed by atoms with E-state index in [1.807, 2.05) is 0 Å². The Bertz CT molecular complexity index is 954. The molecule has 0 rings (SSSR count). The Labute approximate surface area is 318 Å². The third kappa shape index (κ3) is 39.4.